The monoisotopic (exact) mass is 1790 g/mol. The molecule has 0 amide bonds. The second kappa shape index (κ2) is 65.6. The van der Waals surface area contributed by atoms with Gasteiger partial charge in [0.15, 0.2) is 0 Å². The molecule has 0 bridgehead atoms. The molecule has 3 fully saturated rings. The van der Waals surface area contributed by atoms with Crippen LogP contribution in [0.5, 0.6) is 0 Å². The first kappa shape index (κ1) is 121. The minimum atomic E-state index is -0.911. The van der Waals surface area contributed by atoms with Crippen molar-refractivity contribution in [1.82, 2.24) is 0 Å². The van der Waals surface area contributed by atoms with Gasteiger partial charge < -0.3 is 33.9 Å². The summed E-state index contributed by atoms with van der Waals surface area (Å²) in [5, 5.41) is 25.6. The molecular weight excluding hydrogens is 1550 g/mol. The molecular formula is C120H236O7. The number of hydrogen-bond acceptors (Lipinski definition) is 7. The number of ether oxygens (including phenoxy) is 5. The average molecular weight is 1790 g/mol. The highest BCUT2D eigenvalue weighted by Crippen LogP contribution is 2.50. The van der Waals surface area contributed by atoms with Crippen LogP contribution < -0.4 is 0 Å². The molecule has 0 aromatic carbocycles. The number of rotatable bonds is 82. The molecule has 24 atom stereocenters. The Bertz CT molecular complexity index is 2420. The summed E-state index contributed by atoms with van der Waals surface area (Å²) in [6.07, 6.45) is 71.3. The third kappa shape index (κ3) is 54.0. The molecule has 3 saturated heterocycles. The molecule has 0 aromatic heterocycles. The summed E-state index contributed by atoms with van der Waals surface area (Å²) in [6.45, 7) is 72.7. The SMILES string of the molecule is CC(C)CCC[C@@H](C)CCC[C@@H](C)CCC[C@](C)(O)[C@H]1CC[C@H]([C@](C)(CCC[C@H](C)CCC[C@H](C)CCCC(C)C)O[C@](C)(CCC[C@H](C)CCC[C@H](C)CCCC(C)C)[C@H]2CC[C@H]([C@@](C)(CCC[C@H](C)CCC[C@H](C)CCCC(C)C)O[C@@](C)(CCC[C@H](C)CCC[C@H](C)CCCC(C)C)[C@H]3CC[C@H]([C@](C)(O)CCC[C@H](C)CCC[C@H](C)CCCC(C)C)O3)O2)O1. The summed E-state index contributed by atoms with van der Waals surface area (Å²) >= 11 is 0. The van der Waals surface area contributed by atoms with Gasteiger partial charge in [-0.05, 0) is 225 Å². The molecule has 7 heteroatoms. The lowest BCUT2D eigenvalue weighted by atomic mass is 9.82. The molecule has 7 nitrogen and oxygen atoms in total. The van der Waals surface area contributed by atoms with E-state index in [-0.39, 0.29) is 36.6 Å². The van der Waals surface area contributed by atoms with Gasteiger partial charge in [-0.2, -0.15) is 0 Å². The summed E-state index contributed by atoms with van der Waals surface area (Å²) in [6, 6.07) is 0. The van der Waals surface area contributed by atoms with E-state index < -0.39 is 33.6 Å². The zero-order valence-electron chi connectivity index (χ0n) is 92.2. The summed E-state index contributed by atoms with van der Waals surface area (Å²) in [5.41, 5.74) is -4.20. The smallest absolute Gasteiger partial charge is 0.0923 e. The van der Waals surface area contributed by atoms with Crippen molar-refractivity contribution in [3.8, 4) is 0 Å². The maximum Gasteiger partial charge on any atom is 0.0923 e. The normalized spacial score (nSPS) is 23.8. The molecule has 0 aromatic rings. The molecule has 127 heavy (non-hydrogen) atoms. The topological polar surface area (TPSA) is 86.6 Å². The first-order valence-electron chi connectivity index (χ1n) is 57.6. The summed E-state index contributed by atoms with van der Waals surface area (Å²) in [5.74, 6) is 13.4. The van der Waals surface area contributed by atoms with Gasteiger partial charge in [0.1, 0.15) is 0 Å². The van der Waals surface area contributed by atoms with Crippen LogP contribution >= 0.6 is 0 Å². The van der Waals surface area contributed by atoms with Crippen LogP contribution in [-0.4, -0.2) is 80.4 Å². The lowest BCUT2D eigenvalue weighted by Gasteiger charge is -2.48. The van der Waals surface area contributed by atoms with Gasteiger partial charge in [-0.1, -0.05) is 474 Å². The Morgan fingerprint density at radius 3 is 0.449 bits per heavy atom. The highest BCUT2D eigenvalue weighted by Gasteiger charge is 2.56. The third-order valence-electron chi connectivity index (χ3n) is 33.6. The van der Waals surface area contributed by atoms with Crippen molar-refractivity contribution < 1.29 is 33.9 Å². The Labute approximate surface area is 798 Å². The average Bonchev–Trinajstić information content (AvgIpc) is 1.63. The van der Waals surface area contributed by atoms with Gasteiger partial charge in [0.25, 0.3) is 0 Å². The summed E-state index contributed by atoms with van der Waals surface area (Å²) < 4.78 is 40.2. The Kier molecular flexibility index (Phi) is 62.4. The van der Waals surface area contributed by atoms with Crippen LogP contribution in [0.25, 0.3) is 0 Å². The third-order valence-corrected chi connectivity index (χ3v) is 33.6. The fraction of sp³-hybridized carbons (Fsp3) is 1.00. The van der Waals surface area contributed by atoms with Crippen molar-refractivity contribution in [2.24, 2.45) is 107 Å². The molecule has 3 heterocycles. The van der Waals surface area contributed by atoms with E-state index in [1.54, 1.807) is 0 Å². The summed E-state index contributed by atoms with van der Waals surface area (Å²) in [7, 11) is 0. The van der Waals surface area contributed by atoms with E-state index in [4.69, 9.17) is 23.7 Å². The molecule has 0 radical (unpaired) electrons. The molecule has 758 valence electrons. The summed E-state index contributed by atoms with van der Waals surface area (Å²) in [4.78, 5) is 0. The van der Waals surface area contributed by atoms with Crippen LogP contribution in [0.1, 0.15) is 593 Å². The first-order chi connectivity index (χ1) is 59.8. The van der Waals surface area contributed by atoms with E-state index in [2.05, 4.69) is 208 Å². The maximum absolute atomic E-state index is 12.8. The molecule has 0 spiro atoms. The first-order valence-corrected chi connectivity index (χ1v) is 57.6. The van der Waals surface area contributed by atoms with Crippen LogP contribution in [0.4, 0.5) is 0 Å². The second-order valence-electron chi connectivity index (χ2n) is 51.4. The predicted molar refractivity (Wildman–Crippen MR) is 559 cm³/mol. The fourth-order valence-electron chi connectivity index (χ4n) is 23.8. The van der Waals surface area contributed by atoms with Crippen LogP contribution in [0.2, 0.25) is 0 Å². The van der Waals surface area contributed by atoms with Crippen molar-refractivity contribution in [3.63, 3.8) is 0 Å². The molecule has 0 aliphatic carbocycles. The van der Waals surface area contributed by atoms with Crippen molar-refractivity contribution in [2.45, 2.75) is 663 Å². The fourth-order valence-corrected chi connectivity index (χ4v) is 23.8. The molecule has 3 rings (SSSR count). The Balaban J connectivity index is 2.19. The van der Waals surface area contributed by atoms with E-state index >= 15 is 0 Å². The minimum Gasteiger partial charge on any atom is -0.387 e. The van der Waals surface area contributed by atoms with Gasteiger partial charge in [0, 0.05) is 0 Å². The molecule has 3 aliphatic rings. The zero-order chi connectivity index (χ0) is 94.8. The van der Waals surface area contributed by atoms with E-state index in [9.17, 15) is 10.2 Å². The minimum absolute atomic E-state index is 0.127. The lowest BCUT2D eigenvalue weighted by Crippen LogP contribution is -2.56. The van der Waals surface area contributed by atoms with Crippen molar-refractivity contribution in [1.29, 1.82) is 0 Å². The van der Waals surface area contributed by atoms with Gasteiger partial charge >= 0.3 is 0 Å². The van der Waals surface area contributed by atoms with E-state index in [0.29, 0.717) is 35.5 Å². The van der Waals surface area contributed by atoms with Crippen molar-refractivity contribution in [2.75, 3.05) is 0 Å². The van der Waals surface area contributed by atoms with Gasteiger partial charge in [-0.25, -0.2) is 0 Å². The molecule has 3 aliphatic heterocycles. The van der Waals surface area contributed by atoms with Gasteiger partial charge in [-0.3, -0.25) is 0 Å². The Morgan fingerprint density at radius 1 is 0.181 bits per heavy atom. The largest absolute Gasteiger partial charge is 0.387 e. The van der Waals surface area contributed by atoms with Crippen LogP contribution in [0, 0.1) is 107 Å². The van der Waals surface area contributed by atoms with Crippen molar-refractivity contribution >= 4 is 0 Å². The molecule has 2 N–H and O–H groups in total. The van der Waals surface area contributed by atoms with E-state index in [0.717, 1.165) is 199 Å². The molecule has 0 unspecified atom stereocenters. The van der Waals surface area contributed by atoms with Crippen LogP contribution in [-0.2, 0) is 23.7 Å². The lowest BCUT2D eigenvalue weighted by molar-refractivity contribution is -0.266. The van der Waals surface area contributed by atoms with Crippen molar-refractivity contribution in [3.05, 3.63) is 0 Å². The standard InChI is InChI=1S/C120H236O7/c1-91(2)49-31-55-97(13)61-37-67-103(19)73-43-85-115(25,121)109-79-81-111(123-109)117(27,87-45-75-105(21)69-39-63-99(15)57-33-51-93(5)6)126-119(29,89-47-77-107(23)71-41-65-101(17)59-35-53-95(9)10)113-83-84-114(125-113)120(30,90-48-78-108(24)72-42-66-102(18)60-36-54-96(11)12)127-118(28,88-46-76-106(22)70-40-64-100(16)58-34-52-94(7)8)112-82-80-110(124-112)116(26,122)86-44-74-104(20)68-38-62-98(14)56-32-50-92(3)4/h91-114,121-122H,31-90H2,1-30H3/t97-,98-,99-,100-,101-,102-,103-,104-,105-,106-,107-,108-,109-,110-,111-,112-,113-,114-,115-,116+,117+,118+,119-,120-/m1/s1. The van der Waals surface area contributed by atoms with E-state index in [1.165, 1.54) is 257 Å². The number of hydrogen-bond donors (Lipinski definition) is 2. The van der Waals surface area contributed by atoms with Gasteiger partial charge in [0.05, 0.1) is 70.2 Å². The van der Waals surface area contributed by atoms with Gasteiger partial charge in [0.2, 0.25) is 0 Å². The Hall–Kier alpha value is -0.280. The zero-order valence-corrected chi connectivity index (χ0v) is 92.2. The van der Waals surface area contributed by atoms with Gasteiger partial charge in [-0.15, -0.1) is 0 Å². The second-order valence-corrected chi connectivity index (χ2v) is 51.4. The van der Waals surface area contributed by atoms with Crippen LogP contribution in [0.3, 0.4) is 0 Å². The maximum atomic E-state index is 12.8. The highest BCUT2D eigenvalue weighted by molar-refractivity contribution is 5.05. The Morgan fingerprint density at radius 2 is 0.299 bits per heavy atom. The highest BCUT2D eigenvalue weighted by atomic mass is 16.6. The quantitative estimate of drug-likeness (QED) is 0.0627. The van der Waals surface area contributed by atoms with E-state index in [1.807, 2.05) is 0 Å². The predicted octanol–water partition coefficient (Wildman–Crippen LogP) is 37.8. The molecule has 0 saturated carbocycles. The van der Waals surface area contributed by atoms with Crippen LogP contribution in [0.15, 0.2) is 0 Å². The number of aliphatic hydroxyl groups is 2.